The summed E-state index contributed by atoms with van der Waals surface area (Å²) in [6.07, 6.45) is 9.32. The Hall–Kier alpha value is -3.69. The van der Waals surface area contributed by atoms with E-state index in [1.165, 1.54) is 40.2 Å². The van der Waals surface area contributed by atoms with Gasteiger partial charge in [0.15, 0.2) is 11.6 Å². The number of carbonyl (C=O) groups excluding carboxylic acids is 1. The molecule has 0 bridgehead atoms. The molecule has 0 saturated carbocycles. The average Bonchev–Trinajstić information content (AvgIpc) is 3.31. The summed E-state index contributed by atoms with van der Waals surface area (Å²) in [5.74, 6) is -0.0272. The number of aromatic nitrogens is 7. The van der Waals surface area contributed by atoms with Gasteiger partial charge in [-0.1, -0.05) is 18.3 Å². The predicted octanol–water partition coefficient (Wildman–Crippen LogP) is 1.34. The van der Waals surface area contributed by atoms with Gasteiger partial charge in [0.1, 0.15) is 11.4 Å². The fraction of sp³-hybridized carbons (Fsp3) is 0.222. The highest BCUT2D eigenvalue weighted by Crippen LogP contribution is 2.20. The van der Waals surface area contributed by atoms with Crippen LogP contribution in [0.2, 0.25) is 0 Å². The van der Waals surface area contributed by atoms with E-state index in [4.69, 9.17) is 5.73 Å². The molecule has 4 aromatic heterocycles. The number of primary amides is 1. The molecule has 0 aliphatic rings. The summed E-state index contributed by atoms with van der Waals surface area (Å²) in [5.41, 5.74) is 7.81. The fourth-order valence-electron chi connectivity index (χ4n) is 3.16. The Balaban J connectivity index is 1.79. The molecule has 0 atom stereocenters. The van der Waals surface area contributed by atoms with Gasteiger partial charge in [0, 0.05) is 18.6 Å². The Morgan fingerprint density at radius 2 is 2.11 bits per heavy atom. The molecule has 4 aromatic rings. The third-order valence-electron chi connectivity index (χ3n) is 4.41. The van der Waals surface area contributed by atoms with Crippen LogP contribution in [0, 0.1) is 5.82 Å². The summed E-state index contributed by atoms with van der Waals surface area (Å²) >= 11 is 0. The average molecular weight is 381 g/mol. The number of rotatable bonds is 5. The van der Waals surface area contributed by atoms with Gasteiger partial charge >= 0.3 is 6.03 Å². The second-order valence-electron chi connectivity index (χ2n) is 6.23. The van der Waals surface area contributed by atoms with Crippen molar-refractivity contribution in [3.63, 3.8) is 0 Å². The maximum absolute atomic E-state index is 14.2. The van der Waals surface area contributed by atoms with Crippen molar-refractivity contribution in [1.82, 2.24) is 29.2 Å². The molecule has 10 heteroatoms. The Morgan fingerprint density at radius 1 is 1.25 bits per heavy atom. The summed E-state index contributed by atoms with van der Waals surface area (Å²) in [4.78, 5) is 28.8. The number of carbonyl (C=O) groups is 1. The SMILES string of the molecule is CCCc1c(Cn2ccnc2-c2ncccc2F)nc[n+]2c1ncn2C(N)=O. The number of nitrogens with two attached hydrogens (primary N) is 1. The first kappa shape index (κ1) is 17.7. The van der Waals surface area contributed by atoms with Crippen molar-refractivity contribution in [2.45, 2.75) is 26.3 Å². The second-order valence-corrected chi connectivity index (χ2v) is 6.23. The van der Waals surface area contributed by atoms with Crippen LogP contribution in [0.4, 0.5) is 9.18 Å². The van der Waals surface area contributed by atoms with Crippen LogP contribution in [-0.4, -0.2) is 35.2 Å². The van der Waals surface area contributed by atoms with Crippen molar-refractivity contribution in [2.24, 2.45) is 5.73 Å². The third kappa shape index (κ3) is 2.98. The highest BCUT2D eigenvalue weighted by molar-refractivity contribution is 5.72. The largest absolute Gasteiger partial charge is 0.352 e. The van der Waals surface area contributed by atoms with Gasteiger partial charge in [-0.15, -0.1) is 14.2 Å². The second kappa shape index (κ2) is 7.14. The van der Waals surface area contributed by atoms with Gasteiger partial charge in [0.2, 0.25) is 12.7 Å². The third-order valence-corrected chi connectivity index (χ3v) is 4.41. The van der Waals surface area contributed by atoms with Crippen LogP contribution in [0.15, 0.2) is 43.4 Å². The fourth-order valence-corrected chi connectivity index (χ4v) is 3.16. The maximum Gasteiger partial charge on any atom is 0.352 e. The minimum absolute atomic E-state index is 0.179. The lowest BCUT2D eigenvalue weighted by atomic mass is 10.1. The molecule has 0 radical (unpaired) electrons. The summed E-state index contributed by atoms with van der Waals surface area (Å²) in [6.45, 7) is 2.41. The van der Waals surface area contributed by atoms with Crippen LogP contribution in [0.25, 0.3) is 17.2 Å². The molecule has 28 heavy (non-hydrogen) atoms. The smallest absolute Gasteiger partial charge is 0.349 e. The zero-order chi connectivity index (χ0) is 19.7. The maximum atomic E-state index is 14.2. The predicted molar refractivity (Wildman–Crippen MR) is 96.7 cm³/mol. The standard InChI is InChI=1S/C18H17FN8O/c1-2-4-12-14(23-10-26-16(12)24-11-27(26)18(20)28)9-25-8-7-22-17(25)15-13(19)5-3-6-21-15/h3,5-8,10-11H,2,4,9H2,1H3,(H-,20,28)/p+1. The molecule has 0 aromatic carbocycles. The first-order valence-electron chi connectivity index (χ1n) is 8.77. The zero-order valence-corrected chi connectivity index (χ0v) is 15.2. The van der Waals surface area contributed by atoms with Gasteiger partial charge in [-0.2, -0.15) is 0 Å². The highest BCUT2D eigenvalue weighted by Gasteiger charge is 2.23. The molecule has 4 heterocycles. The number of pyridine rings is 1. The van der Waals surface area contributed by atoms with E-state index < -0.39 is 11.8 Å². The molecule has 4 rings (SSSR count). The lowest BCUT2D eigenvalue weighted by Gasteiger charge is -2.09. The van der Waals surface area contributed by atoms with E-state index in [1.54, 1.807) is 17.0 Å². The zero-order valence-electron chi connectivity index (χ0n) is 15.2. The normalized spacial score (nSPS) is 11.2. The summed E-state index contributed by atoms with van der Waals surface area (Å²) < 4.78 is 18.7. The number of fused-ring (bicyclic) bond motifs is 1. The Bertz CT molecular complexity index is 1170. The molecule has 1 amide bonds. The van der Waals surface area contributed by atoms with E-state index in [-0.39, 0.29) is 5.69 Å². The summed E-state index contributed by atoms with van der Waals surface area (Å²) in [7, 11) is 0. The monoisotopic (exact) mass is 381 g/mol. The molecule has 142 valence electrons. The van der Waals surface area contributed by atoms with Crippen LogP contribution in [-0.2, 0) is 13.0 Å². The molecule has 9 nitrogen and oxygen atoms in total. The van der Waals surface area contributed by atoms with E-state index >= 15 is 0 Å². The van der Waals surface area contributed by atoms with E-state index in [9.17, 15) is 9.18 Å². The molecular weight excluding hydrogens is 363 g/mol. The molecule has 0 spiro atoms. The van der Waals surface area contributed by atoms with Crippen LogP contribution in [0.1, 0.15) is 24.6 Å². The van der Waals surface area contributed by atoms with E-state index in [0.717, 1.165) is 17.7 Å². The van der Waals surface area contributed by atoms with Crippen molar-refractivity contribution < 1.29 is 13.7 Å². The lowest BCUT2D eigenvalue weighted by molar-refractivity contribution is -0.599. The number of halogens is 1. The van der Waals surface area contributed by atoms with Gasteiger partial charge in [0.05, 0.1) is 12.1 Å². The van der Waals surface area contributed by atoms with Crippen molar-refractivity contribution in [3.05, 3.63) is 60.5 Å². The Labute approximate surface area is 159 Å². The molecule has 0 fully saturated rings. The van der Waals surface area contributed by atoms with E-state index in [0.29, 0.717) is 24.4 Å². The molecule has 0 saturated heterocycles. The molecular formula is C18H18FN8O+. The molecule has 2 N–H and O–H groups in total. The first-order valence-corrected chi connectivity index (χ1v) is 8.77. The number of imidazole rings is 1. The van der Waals surface area contributed by atoms with Gasteiger partial charge in [-0.25, -0.2) is 19.2 Å². The van der Waals surface area contributed by atoms with Gasteiger partial charge in [-0.05, 0) is 18.6 Å². The van der Waals surface area contributed by atoms with Crippen molar-refractivity contribution in [3.8, 4) is 11.5 Å². The number of nitrogens with zero attached hydrogens (tertiary/aromatic N) is 7. The van der Waals surface area contributed by atoms with E-state index in [1.807, 2.05) is 6.92 Å². The number of amides is 1. The summed E-state index contributed by atoms with van der Waals surface area (Å²) in [5, 5.41) is 0. The van der Waals surface area contributed by atoms with Crippen molar-refractivity contribution in [2.75, 3.05) is 0 Å². The first-order chi connectivity index (χ1) is 13.6. The van der Waals surface area contributed by atoms with Gasteiger partial charge in [0.25, 0.3) is 5.65 Å². The van der Waals surface area contributed by atoms with Crippen LogP contribution in [0.5, 0.6) is 0 Å². The van der Waals surface area contributed by atoms with E-state index in [2.05, 4.69) is 19.9 Å². The van der Waals surface area contributed by atoms with Crippen molar-refractivity contribution >= 4 is 11.7 Å². The Kier molecular flexibility index (Phi) is 4.52. The Morgan fingerprint density at radius 3 is 2.86 bits per heavy atom. The van der Waals surface area contributed by atoms with Crippen LogP contribution < -0.4 is 10.2 Å². The minimum atomic E-state index is -0.646. The minimum Gasteiger partial charge on any atom is -0.349 e. The van der Waals surface area contributed by atoms with Crippen LogP contribution in [0.3, 0.4) is 0 Å². The number of hydrogen-bond donors (Lipinski definition) is 1. The molecule has 0 unspecified atom stereocenters. The lowest BCUT2D eigenvalue weighted by Crippen LogP contribution is -2.41. The molecule has 0 aliphatic carbocycles. The number of hydrogen-bond acceptors (Lipinski definition) is 5. The number of aryl methyl sites for hydroxylation is 1. The van der Waals surface area contributed by atoms with Gasteiger partial charge in [-0.3, -0.25) is 0 Å². The highest BCUT2D eigenvalue weighted by atomic mass is 19.1. The van der Waals surface area contributed by atoms with Crippen molar-refractivity contribution in [1.29, 1.82) is 0 Å². The summed E-state index contributed by atoms with van der Waals surface area (Å²) in [6, 6.07) is 2.24. The van der Waals surface area contributed by atoms with Crippen LogP contribution >= 0.6 is 0 Å². The quantitative estimate of drug-likeness (QED) is 0.525. The molecule has 0 aliphatic heterocycles. The topological polar surface area (TPSA) is 109 Å². The van der Waals surface area contributed by atoms with Gasteiger partial charge < -0.3 is 10.3 Å².